The Kier molecular flexibility index (Phi) is 4.76. The van der Waals surface area contributed by atoms with Gasteiger partial charge in [-0.25, -0.2) is 0 Å². The molecule has 20 heavy (non-hydrogen) atoms. The second-order valence-corrected chi connectivity index (χ2v) is 5.94. The highest BCUT2D eigenvalue weighted by atomic mass is 32.1. The molecule has 108 valence electrons. The van der Waals surface area contributed by atoms with Gasteiger partial charge in [-0.15, -0.1) is 0 Å². The van der Waals surface area contributed by atoms with Crippen molar-refractivity contribution in [3.8, 4) is 0 Å². The molecule has 2 rings (SSSR count). The molecule has 2 atom stereocenters. The molecule has 0 spiro atoms. The summed E-state index contributed by atoms with van der Waals surface area (Å²) in [6.07, 6.45) is 3.63. The summed E-state index contributed by atoms with van der Waals surface area (Å²) in [4.78, 5) is 15.1. The van der Waals surface area contributed by atoms with E-state index in [1.807, 2.05) is 30.0 Å². The SMILES string of the molecule is CCCC(C(=O)N1c2ccccc2CCC1C)C(N)=S. The number of nitrogens with two attached hydrogens (primary N) is 1. The minimum atomic E-state index is -0.344. The van der Waals surface area contributed by atoms with Crippen LogP contribution < -0.4 is 10.6 Å². The highest BCUT2D eigenvalue weighted by Gasteiger charge is 2.33. The van der Waals surface area contributed by atoms with E-state index in [9.17, 15) is 4.79 Å². The highest BCUT2D eigenvalue weighted by molar-refractivity contribution is 7.80. The Morgan fingerprint density at radius 3 is 2.85 bits per heavy atom. The largest absolute Gasteiger partial charge is 0.393 e. The predicted molar refractivity (Wildman–Crippen MR) is 86.9 cm³/mol. The maximum absolute atomic E-state index is 12.9. The van der Waals surface area contributed by atoms with E-state index in [2.05, 4.69) is 13.0 Å². The number of nitrogens with zero attached hydrogens (tertiary/aromatic N) is 1. The van der Waals surface area contributed by atoms with Gasteiger partial charge in [-0.2, -0.15) is 0 Å². The number of fused-ring (bicyclic) bond motifs is 1. The maximum Gasteiger partial charge on any atom is 0.237 e. The molecule has 2 unspecified atom stereocenters. The van der Waals surface area contributed by atoms with Crippen LogP contribution in [0.3, 0.4) is 0 Å². The fourth-order valence-corrected chi connectivity index (χ4v) is 3.09. The molecule has 1 aromatic rings. The van der Waals surface area contributed by atoms with Crippen LogP contribution in [-0.4, -0.2) is 16.9 Å². The maximum atomic E-state index is 12.9. The van der Waals surface area contributed by atoms with Crippen LogP contribution in [0, 0.1) is 5.92 Å². The van der Waals surface area contributed by atoms with Gasteiger partial charge >= 0.3 is 0 Å². The van der Waals surface area contributed by atoms with Gasteiger partial charge in [0.25, 0.3) is 0 Å². The molecule has 0 aliphatic carbocycles. The normalized spacial score (nSPS) is 19.3. The van der Waals surface area contributed by atoms with E-state index in [1.165, 1.54) is 5.56 Å². The van der Waals surface area contributed by atoms with Crippen molar-refractivity contribution in [2.45, 2.75) is 45.6 Å². The zero-order valence-corrected chi connectivity index (χ0v) is 13.0. The number of hydrogen-bond acceptors (Lipinski definition) is 2. The average Bonchev–Trinajstić information content (AvgIpc) is 2.43. The van der Waals surface area contributed by atoms with E-state index in [0.717, 1.165) is 31.4 Å². The minimum absolute atomic E-state index is 0.0546. The highest BCUT2D eigenvalue weighted by Crippen LogP contribution is 2.32. The Labute approximate surface area is 126 Å². The van der Waals surface area contributed by atoms with E-state index < -0.39 is 0 Å². The van der Waals surface area contributed by atoms with Crippen molar-refractivity contribution in [3.05, 3.63) is 29.8 Å². The Hall–Kier alpha value is -1.42. The van der Waals surface area contributed by atoms with Gasteiger partial charge in [-0.1, -0.05) is 43.8 Å². The number of carbonyl (C=O) groups excluding carboxylic acids is 1. The summed E-state index contributed by atoms with van der Waals surface area (Å²) in [5, 5.41) is 0. The van der Waals surface area contributed by atoms with Crippen molar-refractivity contribution in [1.29, 1.82) is 0 Å². The van der Waals surface area contributed by atoms with Crippen molar-refractivity contribution in [3.63, 3.8) is 0 Å². The lowest BCUT2D eigenvalue weighted by Crippen LogP contribution is -2.48. The first-order chi connectivity index (χ1) is 9.56. The van der Waals surface area contributed by atoms with Crippen LogP contribution in [0.1, 0.15) is 38.7 Å². The van der Waals surface area contributed by atoms with Crippen molar-refractivity contribution < 1.29 is 4.79 Å². The number of benzene rings is 1. The molecule has 0 saturated heterocycles. The predicted octanol–water partition coefficient (Wildman–Crippen LogP) is 3.06. The molecule has 0 saturated carbocycles. The molecule has 1 amide bonds. The molecule has 0 radical (unpaired) electrons. The van der Waals surface area contributed by atoms with Crippen molar-refractivity contribution in [1.82, 2.24) is 0 Å². The molecule has 0 bridgehead atoms. The summed E-state index contributed by atoms with van der Waals surface area (Å²) < 4.78 is 0. The van der Waals surface area contributed by atoms with Crippen LogP contribution in [0.15, 0.2) is 24.3 Å². The van der Waals surface area contributed by atoms with E-state index >= 15 is 0 Å². The van der Waals surface area contributed by atoms with Crippen LogP contribution in [0.2, 0.25) is 0 Å². The zero-order valence-electron chi connectivity index (χ0n) is 12.1. The molecule has 1 aliphatic heterocycles. The van der Waals surface area contributed by atoms with Gasteiger partial charge in [0.1, 0.15) is 0 Å². The number of carbonyl (C=O) groups is 1. The lowest BCUT2D eigenvalue weighted by atomic mass is 9.93. The van der Waals surface area contributed by atoms with Gasteiger partial charge in [0.05, 0.1) is 10.9 Å². The van der Waals surface area contributed by atoms with Gasteiger partial charge in [0.2, 0.25) is 5.91 Å². The van der Waals surface area contributed by atoms with Gasteiger partial charge in [0.15, 0.2) is 0 Å². The number of aryl methyl sites for hydroxylation is 1. The molecule has 1 aliphatic rings. The molecular weight excluding hydrogens is 268 g/mol. The molecule has 4 heteroatoms. The summed E-state index contributed by atoms with van der Waals surface area (Å²) in [5.41, 5.74) is 8.04. The fraction of sp³-hybridized carbons (Fsp3) is 0.500. The van der Waals surface area contributed by atoms with Crippen LogP contribution in [0.5, 0.6) is 0 Å². The molecule has 0 aromatic heterocycles. The van der Waals surface area contributed by atoms with Gasteiger partial charge < -0.3 is 10.6 Å². The molecule has 1 heterocycles. The Morgan fingerprint density at radius 1 is 1.50 bits per heavy atom. The Morgan fingerprint density at radius 2 is 2.20 bits per heavy atom. The van der Waals surface area contributed by atoms with Crippen LogP contribution >= 0.6 is 12.2 Å². The number of para-hydroxylation sites is 1. The third-order valence-electron chi connectivity index (χ3n) is 3.98. The van der Waals surface area contributed by atoms with E-state index in [0.29, 0.717) is 4.99 Å². The quantitative estimate of drug-likeness (QED) is 0.867. The number of hydrogen-bond donors (Lipinski definition) is 1. The van der Waals surface area contributed by atoms with Crippen molar-refractivity contribution in [2.75, 3.05) is 4.90 Å². The second kappa shape index (κ2) is 6.35. The summed E-state index contributed by atoms with van der Waals surface area (Å²) in [5.74, 6) is -0.289. The summed E-state index contributed by atoms with van der Waals surface area (Å²) in [7, 11) is 0. The van der Waals surface area contributed by atoms with Crippen LogP contribution in [0.4, 0.5) is 5.69 Å². The average molecular weight is 290 g/mol. The fourth-order valence-electron chi connectivity index (χ4n) is 2.87. The van der Waals surface area contributed by atoms with Gasteiger partial charge in [-0.05, 0) is 37.8 Å². The first kappa shape index (κ1) is 15.0. The molecule has 1 aromatic carbocycles. The summed E-state index contributed by atoms with van der Waals surface area (Å²) in [6, 6.07) is 8.32. The first-order valence-corrected chi connectivity index (χ1v) is 7.67. The van der Waals surface area contributed by atoms with E-state index in [-0.39, 0.29) is 17.9 Å². The van der Waals surface area contributed by atoms with Crippen LogP contribution in [0.25, 0.3) is 0 Å². The molecule has 2 N–H and O–H groups in total. The minimum Gasteiger partial charge on any atom is -0.393 e. The van der Waals surface area contributed by atoms with E-state index in [4.69, 9.17) is 18.0 Å². The Bertz CT molecular complexity index is 515. The number of anilines is 1. The monoisotopic (exact) mass is 290 g/mol. The van der Waals surface area contributed by atoms with Crippen LogP contribution in [-0.2, 0) is 11.2 Å². The number of rotatable bonds is 4. The lowest BCUT2D eigenvalue weighted by Gasteiger charge is -2.37. The third-order valence-corrected chi connectivity index (χ3v) is 4.26. The molecular formula is C16H22N2OS. The van der Waals surface area contributed by atoms with E-state index in [1.54, 1.807) is 0 Å². The van der Waals surface area contributed by atoms with Gasteiger partial charge in [0, 0.05) is 11.7 Å². The first-order valence-electron chi connectivity index (χ1n) is 7.26. The number of thiocarbonyl (C=S) groups is 1. The van der Waals surface area contributed by atoms with Crippen molar-refractivity contribution in [2.24, 2.45) is 11.7 Å². The topological polar surface area (TPSA) is 46.3 Å². The van der Waals surface area contributed by atoms with Gasteiger partial charge in [-0.3, -0.25) is 4.79 Å². The summed E-state index contributed by atoms with van der Waals surface area (Å²) >= 11 is 5.10. The molecule has 0 fully saturated rings. The zero-order chi connectivity index (χ0) is 14.7. The number of amides is 1. The summed E-state index contributed by atoms with van der Waals surface area (Å²) in [6.45, 7) is 4.14. The lowest BCUT2D eigenvalue weighted by molar-refractivity contribution is -0.121. The smallest absolute Gasteiger partial charge is 0.237 e. The Balaban J connectivity index is 2.35. The second-order valence-electron chi connectivity index (χ2n) is 5.47. The van der Waals surface area contributed by atoms with Crippen molar-refractivity contribution >= 4 is 28.8 Å². The molecule has 3 nitrogen and oxygen atoms in total. The standard InChI is InChI=1S/C16H22N2OS/c1-3-6-13(15(17)20)16(19)18-11(2)9-10-12-7-4-5-8-14(12)18/h4-5,7-8,11,13H,3,6,9-10H2,1-2H3,(H2,17,20). The third kappa shape index (κ3) is 2.85.